The van der Waals surface area contributed by atoms with Crippen LogP contribution in [0.4, 0.5) is 5.82 Å². The molecule has 0 aliphatic carbocycles. The molecular weight excluding hydrogens is 360 g/mol. The quantitative estimate of drug-likeness (QED) is 0.696. The van der Waals surface area contributed by atoms with Crippen molar-refractivity contribution in [3.8, 4) is 6.07 Å². The summed E-state index contributed by atoms with van der Waals surface area (Å²) in [5, 5.41) is 9.83. The van der Waals surface area contributed by atoms with Crippen LogP contribution in [0.5, 0.6) is 0 Å². The highest BCUT2D eigenvalue weighted by atomic mass is 32.2. The van der Waals surface area contributed by atoms with Gasteiger partial charge in [-0.1, -0.05) is 18.2 Å². The smallest absolute Gasteiger partial charge is 0.198 e. The molecule has 0 spiro atoms. The monoisotopic (exact) mass is 378 g/mol. The van der Waals surface area contributed by atoms with E-state index < -0.39 is 15.1 Å². The molecule has 0 saturated carbocycles. The number of benzene rings is 1. The zero-order valence-corrected chi connectivity index (χ0v) is 15.4. The van der Waals surface area contributed by atoms with Crippen molar-refractivity contribution in [2.45, 2.75) is 23.1 Å². The molecule has 3 heterocycles. The van der Waals surface area contributed by atoms with Gasteiger partial charge in [0.15, 0.2) is 14.9 Å². The van der Waals surface area contributed by atoms with E-state index in [1.54, 1.807) is 30.5 Å². The standard InChI is InChI=1S/C20H18N4O2S/c21-14-16-5-3-11-22-20(16)24-12-9-17(10-13-24)27(25,26)19-8-7-15-4-1-2-6-18(15)23-19/h1-8,11,17H,9-10,12-13H2. The molecule has 0 radical (unpaired) electrons. The lowest BCUT2D eigenvalue weighted by atomic mass is 10.1. The molecule has 7 heteroatoms. The third-order valence-corrected chi connectivity index (χ3v) is 7.11. The molecule has 1 fully saturated rings. The fraction of sp³-hybridized carbons (Fsp3) is 0.250. The summed E-state index contributed by atoms with van der Waals surface area (Å²) in [6.45, 7) is 1.09. The zero-order valence-electron chi connectivity index (χ0n) is 14.6. The van der Waals surface area contributed by atoms with Crippen LogP contribution in [-0.2, 0) is 9.84 Å². The molecule has 1 aromatic carbocycles. The maximum absolute atomic E-state index is 13.0. The summed E-state index contributed by atoms with van der Waals surface area (Å²) in [4.78, 5) is 10.6. The van der Waals surface area contributed by atoms with Crippen LogP contribution >= 0.6 is 0 Å². The van der Waals surface area contributed by atoms with Crippen LogP contribution in [0.15, 0.2) is 59.8 Å². The predicted octanol–water partition coefficient (Wildman–Crippen LogP) is 2.94. The van der Waals surface area contributed by atoms with Crippen LogP contribution in [0.3, 0.4) is 0 Å². The molecule has 2 aromatic heterocycles. The average molecular weight is 378 g/mol. The molecule has 27 heavy (non-hydrogen) atoms. The van der Waals surface area contributed by atoms with Gasteiger partial charge in [-0.25, -0.2) is 18.4 Å². The second-order valence-electron chi connectivity index (χ2n) is 6.56. The molecule has 0 N–H and O–H groups in total. The number of hydrogen-bond donors (Lipinski definition) is 0. The van der Waals surface area contributed by atoms with Gasteiger partial charge >= 0.3 is 0 Å². The van der Waals surface area contributed by atoms with Crippen LogP contribution in [0.25, 0.3) is 10.9 Å². The second-order valence-corrected chi connectivity index (χ2v) is 8.73. The van der Waals surface area contributed by atoms with Gasteiger partial charge in [-0.15, -0.1) is 0 Å². The largest absolute Gasteiger partial charge is 0.355 e. The predicted molar refractivity (Wildman–Crippen MR) is 103 cm³/mol. The Bertz CT molecular complexity index is 1130. The first-order chi connectivity index (χ1) is 13.1. The number of anilines is 1. The molecule has 6 nitrogen and oxygen atoms in total. The SMILES string of the molecule is N#Cc1cccnc1N1CCC(S(=O)(=O)c2ccc3ccccc3n2)CC1. The summed E-state index contributed by atoms with van der Waals surface area (Å²) in [6, 6.07) is 16.5. The molecule has 0 bridgehead atoms. The Kier molecular flexibility index (Phi) is 4.50. The minimum Gasteiger partial charge on any atom is -0.355 e. The summed E-state index contributed by atoms with van der Waals surface area (Å²) in [6.07, 6.45) is 2.62. The van der Waals surface area contributed by atoms with Crippen molar-refractivity contribution in [2.24, 2.45) is 0 Å². The van der Waals surface area contributed by atoms with E-state index >= 15 is 0 Å². The van der Waals surface area contributed by atoms with Gasteiger partial charge in [0.25, 0.3) is 0 Å². The van der Waals surface area contributed by atoms with E-state index in [0.29, 0.717) is 42.8 Å². The van der Waals surface area contributed by atoms with E-state index in [2.05, 4.69) is 16.0 Å². The number of nitrogens with zero attached hydrogens (tertiary/aromatic N) is 4. The summed E-state index contributed by atoms with van der Waals surface area (Å²) < 4.78 is 26.1. The van der Waals surface area contributed by atoms with E-state index in [9.17, 15) is 13.7 Å². The van der Waals surface area contributed by atoms with Crippen molar-refractivity contribution in [1.29, 1.82) is 5.26 Å². The number of para-hydroxylation sites is 1. The fourth-order valence-corrected chi connectivity index (χ4v) is 5.15. The van der Waals surface area contributed by atoms with Crippen molar-refractivity contribution in [3.63, 3.8) is 0 Å². The highest BCUT2D eigenvalue weighted by Gasteiger charge is 2.33. The van der Waals surface area contributed by atoms with Gasteiger partial charge in [0.1, 0.15) is 11.9 Å². The zero-order chi connectivity index (χ0) is 18.9. The Labute approximate surface area is 158 Å². The van der Waals surface area contributed by atoms with Gasteiger partial charge in [0.2, 0.25) is 0 Å². The molecule has 0 unspecified atom stereocenters. The first-order valence-corrected chi connectivity index (χ1v) is 10.3. The number of piperidine rings is 1. The van der Waals surface area contributed by atoms with Crippen LogP contribution in [0.2, 0.25) is 0 Å². The minimum absolute atomic E-state index is 0.134. The van der Waals surface area contributed by atoms with Gasteiger partial charge in [-0.05, 0) is 43.2 Å². The van der Waals surface area contributed by atoms with E-state index in [-0.39, 0.29) is 5.03 Å². The lowest BCUT2D eigenvalue weighted by Gasteiger charge is -2.32. The third-order valence-electron chi connectivity index (χ3n) is 4.95. The van der Waals surface area contributed by atoms with Gasteiger partial charge in [-0.3, -0.25) is 0 Å². The third kappa shape index (κ3) is 3.24. The molecule has 4 rings (SSSR count). The Morgan fingerprint density at radius 1 is 1.04 bits per heavy atom. The van der Waals surface area contributed by atoms with Gasteiger partial charge in [-0.2, -0.15) is 5.26 Å². The van der Waals surface area contributed by atoms with Crippen LogP contribution in [-0.4, -0.2) is 36.7 Å². The molecule has 0 atom stereocenters. The molecular formula is C20H18N4O2S. The van der Waals surface area contributed by atoms with Crippen molar-refractivity contribution in [2.75, 3.05) is 18.0 Å². The van der Waals surface area contributed by atoms with Crippen molar-refractivity contribution < 1.29 is 8.42 Å². The number of aromatic nitrogens is 2. The van der Waals surface area contributed by atoms with Crippen molar-refractivity contribution in [3.05, 3.63) is 60.3 Å². The number of fused-ring (bicyclic) bond motifs is 1. The average Bonchev–Trinajstić information content (AvgIpc) is 2.73. The lowest BCUT2D eigenvalue weighted by molar-refractivity contribution is 0.525. The van der Waals surface area contributed by atoms with Gasteiger partial charge in [0, 0.05) is 24.7 Å². The lowest BCUT2D eigenvalue weighted by Crippen LogP contribution is -2.40. The van der Waals surface area contributed by atoms with Crippen molar-refractivity contribution in [1.82, 2.24) is 9.97 Å². The number of hydrogen-bond acceptors (Lipinski definition) is 6. The molecule has 136 valence electrons. The fourth-order valence-electron chi connectivity index (χ4n) is 3.49. The first kappa shape index (κ1) is 17.4. The Balaban J connectivity index is 1.55. The maximum atomic E-state index is 13.0. The van der Waals surface area contributed by atoms with Crippen LogP contribution < -0.4 is 4.90 Å². The second kappa shape index (κ2) is 6.97. The number of nitriles is 1. The summed E-state index contributed by atoms with van der Waals surface area (Å²) in [5.41, 5.74) is 1.19. The Morgan fingerprint density at radius 2 is 1.81 bits per heavy atom. The Hall–Kier alpha value is -2.98. The van der Waals surface area contributed by atoms with Gasteiger partial charge in [0.05, 0.1) is 16.3 Å². The van der Waals surface area contributed by atoms with E-state index in [4.69, 9.17) is 0 Å². The highest BCUT2D eigenvalue weighted by molar-refractivity contribution is 7.92. The first-order valence-electron chi connectivity index (χ1n) is 8.79. The van der Waals surface area contributed by atoms with Crippen LogP contribution in [0, 0.1) is 11.3 Å². The number of rotatable bonds is 3. The maximum Gasteiger partial charge on any atom is 0.198 e. The molecule has 1 aliphatic heterocycles. The molecule has 0 amide bonds. The highest BCUT2D eigenvalue weighted by Crippen LogP contribution is 2.28. The summed E-state index contributed by atoms with van der Waals surface area (Å²) >= 11 is 0. The van der Waals surface area contributed by atoms with E-state index in [0.717, 1.165) is 5.39 Å². The van der Waals surface area contributed by atoms with Gasteiger partial charge < -0.3 is 4.90 Å². The normalized spacial score (nSPS) is 15.6. The molecule has 1 saturated heterocycles. The van der Waals surface area contributed by atoms with Crippen molar-refractivity contribution >= 4 is 26.6 Å². The van der Waals surface area contributed by atoms with E-state index in [1.807, 2.05) is 29.2 Å². The number of pyridine rings is 2. The molecule has 3 aromatic rings. The van der Waals surface area contributed by atoms with E-state index in [1.165, 1.54) is 0 Å². The molecule has 1 aliphatic rings. The Morgan fingerprint density at radius 3 is 2.59 bits per heavy atom. The topological polar surface area (TPSA) is 87.0 Å². The summed E-state index contributed by atoms with van der Waals surface area (Å²) in [7, 11) is -3.50. The summed E-state index contributed by atoms with van der Waals surface area (Å²) in [5.74, 6) is 0.625. The minimum atomic E-state index is -3.50. The van der Waals surface area contributed by atoms with Crippen LogP contribution in [0.1, 0.15) is 18.4 Å². The number of sulfone groups is 1.